The average molecular weight is 381 g/mol. The van der Waals surface area contributed by atoms with Gasteiger partial charge in [-0.05, 0) is 37.1 Å². The molecule has 0 N–H and O–H groups in total. The summed E-state index contributed by atoms with van der Waals surface area (Å²) in [6.07, 6.45) is 0. The van der Waals surface area contributed by atoms with Crippen LogP contribution in [-0.4, -0.2) is 9.97 Å². The maximum Gasteiger partial charge on any atom is 0.129 e. The molecular weight excluding hydrogens is 363 g/mol. The van der Waals surface area contributed by atoms with Gasteiger partial charge in [0, 0.05) is 16.2 Å². The first-order valence-corrected chi connectivity index (χ1v) is 10.1. The second kappa shape index (κ2) is 7.17. The molecular formula is C21H17FN2S2. The van der Waals surface area contributed by atoms with Gasteiger partial charge in [0.1, 0.15) is 21.5 Å². The van der Waals surface area contributed by atoms with Crippen LogP contribution in [0, 0.1) is 19.7 Å². The van der Waals surface area contributed by atoms with Gasteiger partial charge in [-0.15, -0.1) is 23.1 Å². The first-order chi connectivity index (χ1) is 12.6. The third kappa shape index (κ3) is 3.37. The van der Waals surface area contributed by atoms with Crippen LogP contribution < -0.4 is 0 Å². The molecule has 0 fully saturated rings. The van der Waals surface area contributed by atoms with Crippen LogP contribution in [-0.2, 0) is 5.75 Å². The number of hydrogen-bond donors (Lipinski definition) is 0. The predicted molar refractivity (Wildman–Crippen MR) is 108 cm³/mol. The molecule has 26 heavy (non-hydrogen) atoms. The number of aryl methyl sites for hydroxylation is 2. The van der Waals surface area contributed by atoms with E-state index in [-0.39, 0.29) is 5.82 Å². The summed E-state index contributed by atoms with van der Waals surface area (Å²) in [6.45, 7) is 4.05. The Morgan fingerprint density at radius 2 is 1.81 bits per heavy atom. The maximum atomic E-state index is 13.5. The molecule has 0 saturated heterocycles. The van der Waals surface area contributed by atoms with Gasteiger partial charge < -0.3 is 0 Å². The van der Waals surface area contributed by atoms with Gasteiger partial charge >= 0.3 is 0 Å². The zero-order valence-electron chi connectivity index (χ0n) is 14.5. The van der Waals surface area contributed by atoms with Crippen molar-refractivity contribution in [3.63, 3.8) is 0 Å². The van der Waals surface area contributed by atoms with Gasteiger partial charge in [0.15, 0.2) is 0 Å². The third-order valence-corrected chi connectivity index (χ3v) is 6.18. The van der Waals surface area contributed by atoms with Crippen molar-refractivity contribution in [2.45, 2.75) is 24.6 Å². The number of rotatable bonds is 4. The van der Waals surface area contributed by atoms with Crippen LogP contribution in [0.1, 0.15) is 16.3 Å². The lowest BCUT2D eigenvalue weighted by Gasteiger charge is -2.08. The quantitative estimate of drug-likeness (QED) is 0.302. The first kappa shape index (κ1) is 17.2. The number of fused-ring (bicyclic) bond motifs is 1. The van der Waals surface area contributed by atoms with E-state index in [1.54, 1.807) is 35.2 Å². The highest BCUT2D eigenvalue weighted by Gasteiger charge is 2.18. The summed E-state index contributed by atoms with van der Waals surface area (Å²) in [5.74, 6) is 1.23. The van der Waals surface area contributed by atoms with Crippen molar-refractivity contribution in [2.75, 3.05) is 0 Å². The van der Waals surface area contributed by atoms with Crippen molar-refractivity contribution in [2.24, 2.45) is 0 Å². The Labute approximate surface area is 160 Å². The summed E-state index contributed by atoms with van der Waals surface area (Å²) in [6, 6.07) is 17.1. The SMILES string of the molecule is Cc1nc(SCc2cccc(F)c2)c2c(-c3ccccc3)c(C)sc2n1. The van der Waals surface area contributed by atoms with E-state index in [0.29, 0.717) is 5.75 Å². The first-order valence-electron chi connectivity index (χ1n) is 8.32. The van der Waals surface area contributed by atoms with Crippen molar-refractivity contribution in [1.82, 2.24) is 9.97 Å². The van der Waals surface area contributed by atoms with Gasteiger partial charge in [-0.25, -0.2) is 14.4 Å². The normalized spacial score (nSPS) is 11.2. The van der Waals surface area contributed by atoms with Gasteiger partial charge in [-0.3, -0.25) is 0 Å². The summed E-state index contributed by atoms with van der Waals surface area (Å²) in [4.78, 5) is 11.6. The fraction of sp³-hybridized carbons (Fsp3) is 0.143. The second-order valence-corrected chi connectivity index (χ2v) is 8.24. The molecule has 0 aliphatic rings. The van der Waals surface area contributed by atoms with E-state index in [9.17, 15) is 4.39 Å². The number of thioether (sulfide) groups is 1. The molecule has 4 rings (SSSR count). The van der Waals surface area contributed by atoms with Gasteiger partial charge in [0.05, 0.1) is 5.39 Å². The summed E-state index contributed by atoms with van der Waals surface area (Å²) >= 11 is 3.34. The summed E-state index contributed by atoms with van der Waals surface area (Å²) in [7, 11) is 0. The predicted octanol–water partition coefficient (Wildman–Crippen LogP) is 6.41. The molecule has 0 unspecified atom stereocenters. The highest BCUT2D eigenvalue weighted by molar-refractivity contribution is 7.98. The lowest BCUT2D eigenvalue weighted by Crippen LogP contribution is -1.92. The van der Waals surface area contributed by atoms with Crippen LogP contribution >= 0.6 is 23.1 Å². The molecule has 0 amide bonds. The smallest absolute Gasteiger partial charge is 0.129 e. The molecule has 0 aliphatic heterocycles. The highest BCUT2D eigenvalue weighted by Crippen LogP contribution is 2.42. The highest BCUT2D eigenvalue weighted by atomic mass is 32.2. The number of benzene rings is 2. The molecule has 0 bridgehead atoms. The molecule has 0 spiro atoms. The van der Waals surface area contributed by atoms with E-state index < -0.39 is 0 Å². The van der Waals surface area contributed by atoms with Crippen LogP contribution in [0.25, 0.3) is 21.3 Å². The Morgan fingerprint density at radius 3 is 2.58 bits per heavy atom. The molecule has 0 radical (unpaired) electrons. The monoisotopic (exact) mass is 380 g/mol. The van der Waals surface area contributed by atoms with Crippen LogP contribution in [0.15, 0.2) is 59.6 Å². The Hall–Kier alpha value is -2.24. The molecule has 2 aromatic heterocycles. The summed E-state index contributed by atoms with van der Waals surface area (Å²) < 4.78 is 13.5. The minimum absolute atomic E-state index is 0.205. The van der Waals surface area contributed by atoms with E-state index in [0.717, 1.165) is 26.6 Å². The van der Waals surface area contributed by atoms with E-state index in [1.165, 1.54) is 22.1 Å². The Balaban J connectivity index is 1.81. The third-order valence-electron chi connectivity index (χ3n) is 4.13. The van der Waals surface area contributed by atoms with Crippen molar-refractivity contribution in [3.05, 3.63) is 76.7 Å². The van der Waals surface area contributed by atoms with Crippen molar-refractivity contribution in [3.8, 4) is 11.1 Å². The molecule has 2 aromatic carbocycles. The van der Waals surface area contributed by atoms with E-state index in [1.807, 2.05) is 31.2 Å². The van der Waals surface area contributed by atoms with Crippen LogP contribution in [0.2, 0.25) is 0 Å². The second-order valence-electron chi connectivity index (χ2n) is 6.07. The Morgan fingerprint density at radius 1 is 1.00 bits per heavy atom. The van der Waals surface area contributed by atoms with Gasteiger partial charge in [0.25, 0.3) is 0 Å². The standard InChI is InChI=1S/C21H17FN2S2/c1-13-18(16-8-4-3-5-9-16)19-20(23-14(2)24-21(19)26-13)25-12-15-7-6-10-17(22)11-15/h3-11H,12H2,1-2H3. The number of hydrogen-bond acceptors (Lipinski definition) is 4. The topological polar surface area (TPSA) is 25.8 Å². The fourth-order valence-corrected chi connectivity index (χ4v) is 5.20. The fourth-order valence-electron chi connectivity index (χ4n) is 3.02. The number of halogens is 1. The minimum Gasteiger partial charge on any atom is -0.226 e. The molecule has 5 heteroatoms. The molecule has 0 saturated carbocycles. The Kier molecular flexibility index (Phi) is 4.74. The van der Waals surface area contributed by atoms with Gasteiger partial charge in [0.2, 0.25) is 0 Å². The maximum absolute atomic E-state index is 13.5. The van der Waals surface area contributed by atoms with E-state index in [2.05, 4.69) is 24.0 Å². The molecule has 2 heterocycles. The largest absolute Gasteiger partial charge is 0.226 e. The zero-order valence-corrected chi connectivity index (χ0v) is 16.1. The number of nitrogens with zero attached hydrogens (tertiary/aromatic N) is 2. The molecule has 0 aliphatic carbocycles. The van der Waals surface area contributed by atoms with Crippen molar-refractivity contribution < 1.29 is 4.39 Å². The number of aromatic nitrogens is 2. The zero-order chi connectivity index (χ0) is 18.1. The molecule has 2 nitrogen and oxygen atoms in total. The average Bonchev–Trinajstić information content (AvgIpc) is 2.96. The van der Waals surface area contributed by atoms with Crippen LogP contribution in [0.3, 0.4) is 0 Å². The van der Waals surface area contributed by atoms with Gasteiger partial charge in [-0.1, -0.05) is 42.5 Å². The van der Waals surface area contributed by atoms with Crippen molar-refractivity contribution in [1.29, 1.82) is 0 Å². The molecule has 0 atom stereocenters. The molecule has 4 aromatic rings. The van der Waals surface area contributed by atoms with E-state index in [4.69, 9.17) is 4.98 Å². The summed E-state index contributed by atoms with van der Waals surface area (Å²) in [5.41, 5.74) is 3.33. The lowest BCUT2D eigenvalue weighted by molar-refractivity contribution is 0.626. The lowest BCUT2D eigenvalue weighted by atomic mass is 10.0. The minimum atomic E-state index is -0.205. The summed E-state index contributed by atoms with van der Waals surface area (Å²) in [5, 5.41) is 2.06. The van der Waals surface area contributed by atoms with E-state index >= 15 is 0 Å². The van der Waals surface area contributed by atoms with Crippen LogP contribution in [0.4, 0.5) is 4.39 Å². The number of thiophene rings is 1. The molecule has 130 valence electrons. The van der Waals surface area contributed by atoms with Gasteiger partial charge in [-0.2, -0.15) is 0 Å². The Bertz CT molecular complexity index is 1070. The van der Waals surface area contributed by atoms with Crippen LogP contribution in [0.5, 0.6) is 0 Å². The van der Waals surface area contributed by atoms with Crippen molar-refractivity contribution >= 4 is 33.3 Å².